The summed E-state index contributed by atoms with van der Waals surface area (Å²) in [6.07, 6.45) is 0.791. The number of halogens is 1. The van der Waals surface area contributed by atoms with Crippen LogP contribution in [-0.4, -0.2) is 33.0 Å². The van der Waals surface area contributed by atoms with Crippen molar-refractivity contribution in [2.45, 2.75) is 36.8 Å². The number of aromatic nitrogens is 3. The van der Waals surface area contributed by atoms with Gasteiger partial charge in [0.05, 0.1) is 17.9 Å². The fourth-order valence-corrected chi connectivity index (χ4v) is 4.54. The van der Waals surface area contributed by atoms with Gasteiger partial charge in [-0.3, -0.25) is 4.79 Å². The molecule has 8 heteroatoms. The van der Waals surface area contributed by atoms with Crippen molar-refractivity contribution in [3.63, 3.8) is 0 Å². The minimum Gasteiger partial charge on any atom is -0.496 e. The maximum Gasteiger partial charge on any atom is 0.233 e. The molecule has 0 bridgehead atoms. The van der Waals surface area contributed by atoms with Gasteiger partial charge in [0.2, 0.25) is 5.91 Å². The molecule has 1 atom stereocenters. The minimum absolute atomic E-state index is 0.129. The molecule has 1 aromatic heterocycles. The smallest absolute Gasteiger partial charge is 0.233 e. The van der Waals surface area contributed by atoms with Crippen LogP contribution in [-0.2, 0) is 24.3 Å². The van der Waals surface area contributed by atoms with Crippen LogP contribution in [0.4, 0.5) is 4.39 Å². The Labute approximate surface area is 208 Å². The van der Waals surface area contributed by atoms with Crippen molar-refractivity contribution < 1.29 is 13.9 Å². The summed E-state index contributed by atoms with van der Waals surface area (Å²) in [4.78, 5) is 12.8. The molecule has 0 radical (unpaired) electrons. The summed E-state index contributed by atoms with van der Waals surface area (Å²) in [5, 5.41) is 12.1. The van der Waals surface area contributed by atoms with Crippen LogP contribution in [0.2, 0.25) is 0 Å². The molecule has 0 saturated carbocycles. The zero-order valence-electron chi connectivity index (χ0n) is 19.6. The van der Waals surface area contributed by atoms with Crippen molar-refractivity contribution >= 4 is 17.7 Å². The van der Waals surface area contributed by atoms with E-state index in [1.54, 1.807) is 19.2 Å². The summed E-state index contributed by atoms with van der Waals surface area (Å²) in [6.45, 7) is 2.82. The lowest BCUT2D eigenvalue weighted by molar-refractivity contribution is -0.120. The molecule has 0 fully saturated rings. The standard InChI is InChI=1S/C27H27FN4O2S/c1-19(26(33)29-18-21-12-14-22(28)15-13-21)35-27-31-30-25(23-10-6-7-11-24(23)34-2)32(27)17-16-20-8-4-3-5-9-20/h3-15,19H,16-18H2,1-2H3,(H,29,33). The number of methoxy groups -OCH3 is 1. The first-order valence-electron chi connectivity index (χ1n) is 11.3. The second kappa shape index (κ2) is 11.7. The second-order valence-corrected chi connectivity index (χ2v) is 9.31. The molecule has 1 heterocycles. The highest BCUT2D eigenvalue weighted by Gasteiger charge is 2.22. The average molecular weight is 491 g/mol. The number of para-hydroxylation sites is 1. The lowest BCUT2D eigenvalue weighted by Crippen LogP contribution is -2.30. The van der Waals surface area contributed by atoms with E-state index in [4.69, 9.17) is 4.74 Å². The Morgan fingerprint density at radius 3 is 2.46 bits per heavy atom. The van der Waals surface area contributed by atoms with Gasteiger partial charge in [-0.25, -0.2) is 4.39 Å². The SMILES string of the molecule is COc1ccccc1-c1nnc(SC(C)C(=O)NCc2ccc(F)cc2)n1CCc1ccccc1. The Balaban J connectivity index is 1.53. The van der Waals surface area contributed by atoms with Gasteiger partial charge in [0.15, 0.2) is 11.0 Å². The third-order valence-corrected chi connectivity index (χ3v) is 6.64. The highest BCUT2D eigenvalue weighted by atomic mass is 32.2. The molecule has 3 aromatic carbocycles. The quantitative estimate of drug-likeness (QED) is 0.312. The van der Waals surface area contributed by atoms with Gasteiger partial charge in [-0.1, -0.05) is 66.4 Å². The van der Waals surface area contributed by atoms with Crippen LogP contribution >= 0.6 is 11.8 Å². The number of amides is 1. The Morgan fingerprint density at radius 1 is 1.00 bits per heavy atom. The Hall–Kier alpha value is -3.65. The van der Waals surface area contributed by atoms with E-state index in [1.165, 1.54) is 29.5 Å². The highest BCUT2D eigenvalue weighted by molar-refractivity contribution is 8.00. The van der Waals surface area contributed by atoms with E-state index in [1.807, 2.05) is 54.0 Å². The summed E-state index contributed by atoms with van der Waals surface area (Å²) in [6, 6.07) is 24.0. The van der Waals surface area contributed by atoms with E-state index in [2.05, 4.69) is 27.6 Å². The fourth-order valence-electron chi connectivity index (χ4n) is 3.64. The Bertz CT molecular complexity index is 1260. The molecular formula is C27H27FN4O2S. The van der Waals surface area contributed by atoms with Crippen LogP contribution in [0.5, 0.6) is 5.75 Å². The molecule has 4 aromatic rings. The van der Waals surface area contributed by atoms with Gasteiger partial charge in [-0.15, -0.1) is 10.2 Å². The van der Waals surface area contributed by atoms with Gasteiger partial charge in [0, 0.05) is 13.1 Å². The largest absolute Gasteiger partial charge is 0.496 e. The maximum atomic E-state index is 13.1. The van der Waals surface area contributed by atoms with E-state index < -0.39 is 5.25 Å². The summed E-state index contributed by atoms with van der Waals surface area (Å²) >= 11 is 1.36. The van der Waals surface area contributed by atoms with Crippen molar-refractivity contribution in [1.82, 2.24) is 20.1 Å². The third kappa shape index (κ3) is 6.27. The second-order valence-electron chi connectivity index (χ2n) is 8.00. The molecule has 0 aliphatic carbocycles. The van der Waals surface area contributed by atoms with Crippen molar-refractivity contribution in [2.75, 3.05) is 7.11 Å². The molecule has 1 unspecified atom stereocenters. The van der Waals surface area contributed by atoms with Gasteiger partial charge >= 0.3 is 0 Å². The first-order chi connectivity index (χ1) is 17.0. The van der Waals surface area contributed by atoms with Gasteiger partial charge in [-0.05, 0) is 48.7 Å². The molecule has 0 aliphatic heterocycles. The van der Waals surface area contributed by atoms with E-state index in [-0.39, 0.29) is 11.7 Å². The van der Waals surface area contributed by atoms with E-state index in [0.717, 1.165) is 17.5 Å². The molecule has 6 nitrogen and oxygen atoms in total. The zero-order chi connectivity index (χ0) is 24.6. The number of thioether (sulfide) groups is 1. The fraction of sp³-hybridized carbons (Fsp3) is 0.222. The van der Waals surface area contributed by atoms with Crippen LogP contribution in [0.1, 0.15) is 18.1 Å². The number of hydrogen-bond acceptors (Lipinski definition) is 5. The van der Waals surface area contributed by atoms with Crippen LogP contribution in [0, 0.1) is 5.82 Å². The van der Waals surface area contributed by atoms with Crippen LogP contribution in [0.3, 0.4) is 0 Å². The monoisotopic (exact) mass is 490 g/mol. The molecule has 0 saturated heterocycles. The maximum absolute atomic E-state index is 13.1. The lowest BCUT2D eigenvalue weighted by atomic mass is 10.1. The van der Waals surface area contributed by atoms with Crippen molar-refractivity contribution in [3.8, 4) is 17.1 Å². The van der Waals surface area contributed by atoms with E-state index in [9.17, 15) is 9.18 Å². The number of hydrogen-bond donors (Lipinski definition) is 1. The molecular weight excluding hydrogens is 463 g/mol. The molecule has 1 amide bonds. The van der Waals surface area contributed by atoms with Gasteiger partial charge in [0.25, 0.3) is 0 Å². The minimum atomic E-state index is -0.402. The third-order valence-electron chi connectivity index (χ3n) is 5.56. The number of carbonyl (C=O) groups is 1. The number of nitrogens with zero attached hydrogens (tertiary/aromatic N) is 3. The Morgan fingerprint density at radius 2 is 1.71 bits per heavy atom. The number of rotatable bonds is 10. The van der Waals surface area contributed by atoms with Crippen molar-refractivity contribution in [2.24, 2.45) is 0 Å². The predicted octanol–water partition coefficient (Wildman–Crippen LogP) is 5.13. The van der Waals surface area contributed by atoms with Crippen molar-refractivity contribution in [3.05, 3.63) is 95.8 Å². The molecule has 4 rings (SSSR count). The van der Waals surface area contributed by atoms with Gasteiger partial charge < -0.3 is 14.6 Å². The number of aryl methyl sites for hydroxylation is 1. The predicted molar refractivity (Wildman–Crippen MR) is 136 cm³/mol. The summed E-state index contributed by atoms with van der Waals surface area (Å²) in [5.41, 5.74) is 2.88. The first-order valence-corrected chi connectivity index (χ1v) is 12.2. The van der Waals surface area contributed by atoms with E-state index >= 15 is 0 Å². The summed E-state index contributed by atoms with van der Waals surface area (Å²) < 4.78 is 20.7. The number of ether oxygens (including phenoxy) is 1. The number of carbonyl (C=O) groups excluding carboxylic acids is 1. The molecule has 0 spiro atoms. The summed E-state index contributed by atoms with van der Waals surface area (Å²) in [7, 11) is 1.63. The Kier molecular flexibility index (Phi) is 8.15. The van der Waals surface area contributed by atoms with E-state index in [0.29, 0.717) is 29.8 Å². The van der Waals surface area contributed by atoms with Gasteiger partial charge in [0.1, 0.15) is 11.6 Å². The molecule has 1 N–H and O–H groups in total. The molecule has 180 valence electrons. The van der Waals surface area contributed by atoms with Crippen LogP contribution in [0.25, 0.3) is 11.4 Å². The van der Waals surface area contributed by atoms with Crippen LogP contribution in [0.15, 0.2) is 84.0 Å². The molecule has 0 aliphatic rings. The number of benzene rings is 3. The average Bonchev–Trinajstić information content (AvgIpc) is 3.29. The topological polar surface area (TPSA) is 69.0 Å². The first kappa shape index (κ1) is 24.5. The summed E-state index contributed by atoms with van der Waals surface area (Å²) in [5.74, 6) is 0.975. The van der Waals surface area contributed by atoms with Gasteiger partial charge in [-0.2, -0.15) is 0 Å². The van der Waals surface area contributed by atoms with Crippen molar-refractivity contribution in [1.29, 1.82) is 0 Å². The number of nitrogens with one attached hydrogen (secondary N) is 1. The van der Waals surface area contributed by atoms with Crippen LogP contribution < -0.4 is 10.1 Å². The zero-order valence-corrected chi connectivity index (χ0v) is 20.5. The molecule has 35 heavy (non-hydrogen) atoms. The lowest BCUT2D eigenvalue weighted by Gasteiger charge is -2.15. The highest BCUT2D eigenvalue weighted by Crippen LogP contribution is 2.32. The normalized spacial score (nSPS) is 11.7.